The lowest BCUT2D eigenvalue weighted by molar-refractivity contribution is 0.0943. The van der Waals surface area contributed by atoms with Crippen molar-refractivity contribution in [1.82, 2.24) is 15.3 Å². The van der Waals surface area contributed by atoms with Gasteiger partial charge in [0.2, 0.25) is 0 Å². The SMILES string of the molecule is C#CC(CCC)NC(=O)c1cncnc1. The number of rotatable bonds is 4. The molecule has 0 aromatic carbocycles. The van der Waals surface area contributed by atoms with Crippen LogP contribution in [0.3, 0.4) is 0 Å². The average Bonchev–Trinajstić information content (AvgIpc) is 2.29. The minimum absolute atomic E-state index is 0.220. The van der Waals surface area contributed by atoms with E-state index >= 15 is 0 Å². The lowest BCUT2D eigenvalue weighted by atomic mass is 10.1. The van der Waals surface area contributed by atoms with Crippen LogP contribution in [-0.2, 0) is 0 Å². The summed E-state index contributed by atoms with van der Waals surface area (Å²) >= 11 is 0. The van der Waals surface area contributed by atoms with Crippen LogP contribution in [0.25, 0.3) is 0 Å². The Morgan fingerprint density at radius 1 is 1.60 bits per heavy atom. The second-order valence-corrected chi connectivity index (χ2v) is 3.11. The van der Waals surface area contributed by atoms with E-state index in [4.69, 9.17) is 6.42 Å². The first kappa shape index (κ1) is 11.2. The number of hydrogen-bond donors (Lipinski definition) is 1. The molecule has 4 nitrogen and oxygen atoms in total. The van der Waals surface area contributed by atoms with Gasteiger partial charge in [-0.1, -0.05) is 19.3 Å². The van der Waals surface area contributed by atoms with Gasteiger partial charge in [0.15, 0.2) is 0 Å². The zero-order valence-electron chi connectivity index (χ0n) is 8.60. The van der Waals surface area contributed by atoms with E-state index in [0.717, 1.165) is 12.8 Å². The summed E-state index contributed by atoms with van der Waals surface area (Å²) in [6.45, 7) is 2.02. The maximum Gasteiger partial charge on any atom is 0.255 e. The third-order valence-electron chi connectivity index (χ3n) is 1.91. The van der Waals surface area contributed by atoms with E-state index in [1.165, 1.54) is 18.7 Å². The standard InChI is InChI=1S/C11H13N3O/c1-3-5-10(4-2)14-11(15)9-6-12-8-13-7-9/h2,6-8,10H,3,5H2,1H3,(H,14,15). The fraction of sp³-hybridized carbons (Fsp3) is 0.364. The Labute approximate surface area is 89.1 Å². The van der Waals surface area contributed by atoms with Crippen LogP contribution in [-0.4, -0.2) is 21.9 Å². The van der Waals surface area contributed by atoms with Crippen molar-refractivity contribution >= 4 is 5.91 Å². The number of terminal acetylenes is 1. The molecule has 1 aromatic rings. The van der Waals surface area contributed by atoms with Crippen LogP contribution < -0.4 is 5.32 Å². The molecule has 1 aromatic heterocycles. The van der Waals surface area contributed by atoms with E-state index in [1.54, 1.807) is 0 Å². The van der Waals surface area contributed by atoms with Crippen molar-refractivity contribution in [3.63, 3.8) is 0 Å². The lowest BCUT2D eigenvalue weighted by Gasteiger charge is -2.11. The normalized spacial score (nSPS) is 11.5. The van der Waals surface area contributed by atoms with Gasteiger partial charge in [0.25, 0.3) is 5.91 Å². The van der Waals surface area contributed by atoms with Gasteiger partial charge in [-0.2, -0.15) is 0 Å². The Morgan fingerprint density at radius 2 is 2.27 bits per heavy atom. The van der Waals surface area contributed by atoms with Crippen molar-refractivity contribution in [1.29, 1.82) is 0 Å². The van der Waals surface area contributed by atoms with Crippen molar-refractivity contribution in [3.05, 3.63) is 24.3 Å². The molecule has 15 heavy (non-hydrogen) atoms. The summed E-state index contributed by atoms with van der Waals surface area (Å²) < 4.78 is 0. The molecule has 0 saturated carbocycles. The first-order valence-electron chi connectivity index (χ1n) is 4.80. The number of nitrogens with zero attached hydrogens (tertiary/aromatic N) is 2. The first-order valence-corrected chi connectivity index (χ1v) is 4.80. The molecule has 0 aliphatic heterocycles. The first-order chi connectivity index (χ1) is 7.27. The molecule has 0 saturated heterocycles. The molecule has 1 heterocycles. The van der Waals surface area contributed by atoms with E-state index in [0.29, 0.717) is 5.56 Å². The van der Waals surface area contributed by atoms with Crippen LogP contribution in [0.2, 0.25) is 0 Å². The Morgan fingerprint density at radius 3 is 2.80 bits per heavy atom. The maximum absolute atomic E-state index is 11.6. The Kier molecular flexibility index (Phi) is 4.30. The summed E-state index contributed by atoms with van der Waals surface area (Å²) in [5.41, 5.74) is 0.425. The number of aromatic nitrogens is 2. The van der Waals surface area contributed by atoms with Gasteiger partial charge in [-0.15, -0.1) is 6.42 Å². The molecule has 78 valence electrons. The number of nitrogens with one attached hydrogen (secondary N) is 1. The molecule has 1 atom stereocenters. The molecule has 0 spiro atoms. The van der Waals surface area contributed by atoms with Gasteiger partial charge >= 0.3 is 0 Å². The number of hydrogen-bond acceptors (Lipinski definition) is 3. The molecule has 0 aliphatic carbocycles. The molecular formula is C11H13N3O. The summed E-state index contributed by atoms with van der Waals surface area (Å²) in [4.78, 5) is 19.1. The maximum atomic E-state index is 11.6. The van der Waals surface area contributed by atoms with Gasteiger partial charge in [-0.05, 0) is 6.42 Å². The molecule has 0 bridgehead atoms. The lowest BCUT2D eigenvalue weighted by Crippen LogP contribution is -2.33. The zero-order chi connectivity index (χ0) is 11.1. The minimum Gasteiger partial charge on any atom is -0.338 e. The number of carbonyl (C=O) groups excluding carboxylic acids is 1. The molecule has 1 rings (SSSR count). The Balaban J connectivity index is 2.60. The van der Waals surface area contributed by atoms with Crippen LogP contribution in [0.1, 0.15) is 30.1 Å². The number of amides is 1. The molecule has 0 fully saturated rings. The molecule has 0 radical (unpaired) electrons. The quantitative estimate of drug-likeness (QED) is 0.743. The van der Waals surface area contributed by atoms with Gasteiger partial charge in [0.1, 0.15) is 6.33 Å². The van der Waals surface area contributed by atoms with E-state index in [2.05, 4.69) is 21.2 Å². The molecule has 0 aliphatic rings. The van der Waals surface area contributed by atoms with E-state index in [9.17, 15) is 4.79 Å². The van der Waals surface area contributed by atoms with Gasteiger partial charge in [0, 0.05) is 12.4 Å². The molecule has 4 heteroatoms. The Hall–Kier alpha value is -1.89. The summed E-state index contributed by atoms with van der Waals surface area (Å²) in [6.07, 6.45) is 11.3. The van der Waals surface area contributed by atoms with E-state index < -0.39 is 0 Å². The molecule has 1 amide bonds. The van der Waals surface area contributed by atoms with Crippen molar-refractivity contribution in [2.45, 2.75) is 25.8 Å². The highest BCUT2D eigenvalue weighted by Gasteiger charge is 2.10. The predicted molar refractivity (Wildman–Crippen MR) is 57.0 cm³/mol. The molecular weight excluding hydrogens is 190 g/mol. The highest BCUT2D eigenvalue weighted by molar-refractivity contribution is 5.93. The van der Waals surface area contributed by atoms with Crippen molar-refractivity contribution in [2.75, 3.05) is 0 Å². The zero-order valence-corrected chi connectivity index (χ0v) is 8.60. The third kappa shape index (κ3) is 3.39. The molecule has 1 N–H and O–H groups in total. The highest BCUT2D eigenvalue weighted by Crippen LogP contribution is 1.98. The third-order valence-corrected chi connectivity index (χ3v) is 1.91. The minimum atomic E-state index is -0.230. The van der Waals surface area contributed by atoms with Crippen LogP contribution in [0.5, 0.6) is 0 Å². The van der Waals surface area contributed by atoms with Crippen LogP contribution >= 0.6 is 0 Å². The van der Waals surface area contributed by atoms with Crippen molar-refractivity contribution in [3.8, 4) is 12.3 Å². The summed E-state index contributed by atoms with van der Waals surface area (Å²) in [5, 5.41) is 2.73. The van der Waals surface area contributed by atoms with Crippen LogP contribution in [0.15, 0.2) is 18.7 Å². The summed E-state index contributed by atoms with van der Waals surface area (Å²) in [7, 11) is 0. The van der Waals surface area contributed by atoms with Crippen LogP contribution in [0, 0.1) is 12.3 Å². The highest BCUT2D eigenvalue weighted by atomic mass is 16.1. The van der Waals surface area contributed by atoms with Gasteiger partial charge in [-0.3, -0.25) is 4.79 Å². The van der Waals surface area contributed by atoms with Crippen LogP contribution in [0.4, 0.5) is 0 Å². The van der Waals surface area contributed by atoms with Crippen molar-refractivity contribution in [2.24, 2.45) is 0 Å². The summed E-state index contributed by atoms with van der Waals surface area (Å²) in [5.74, 6) is 2.30. The van der Waals surface area contributed by atoms with Crippen molar-refractivity contribution < 1.29 is 4.79 Å². The predicted octanol–water partition coefficient (Wildman–Crippen LogP) is 1.01. The van der Waals surface area contributed by atoms with Gasteiger partial charge in [0.05, 0.1) is 11.6 Å². The summed E-state index contributed by atoms with van der Waals surface area (Å²) in [6, 6.07) is -0.220. The van der Waals surface area contributed by atoms with Gasteiger partial charge < -0.3 is 5.32 Å². The fourth-order valence-corrected chi connectivity index (χ4v) is 1.14. The second kappa shape index (κ2) is 5.76. The topological polar surface area (TPSA) is 54.9 Å². The van der Waals surface area contributed by atoms with E-state index in [-0.39, 0.29) is 11.9 Å². The monoisotopic (exact) mass is 203 g/mol. The van der Waals surface area contributed by atoms with Gasteiger partial charge in [-0.25, -0.2) is 9.97 Å². The Bertz CT molecular complexity index is 356. The average molecular weight is 203 g/mol. The molecule has 1 unspecified atom stereocenters. The smallest absolute Gasteiger partial charge is 0.255 e. The van der Waals surface area contributed by atoms with E-state index in [1.807, 2.05) is 6.92 Å². The number of carbonyl (C=O) groups is 1. The fourth-order valence-electron chi connectivity index (χ4n) is 1.14. The second-order valence-electron chi connectivity index (χ2n) is 3.11. The largest absolute Gasteiger partial charge is 0.338 e.